The first-order valence-corrected chi connectivity index (χ1v) is 5.78. The van der Waals surface area contributed by atoms with Crippen LogP contribution in [0.2, 0.25) is 0 Å². The van der Waals surface area contributed by atoms with Crippen molar-refractivity contribution >= 4 is 23.0 Å². The third-order valence-electron chi connectivity index (χ3n) is 2.45. The largest absolute Gasteiger partial charge is 0.482 e. The normalized spacial score (nSPS) is 9.89. The number of anilines is 3. The van der Waals surface area contributed by atoms with Gasteiger partial charge in [0.2, 0.25) is 0 Å². The van der Waals surface area contributed by atoms with Crippen LogP contribution in [-0.4, -0.2) is 12.5 Å². The third kappa shape index (κ3) is 3.64. The summed E-state index contributed by atoms with van der Waals surface area (Å²) in [7, 11) is 0. The number of nitrogens with one attached hydrogen (secondary N) is 1. The molecule has 0 aliphatic carbocycles. The van der Waals surface area contributed by atoms with E-state index in [1.165, 1.54) is 0 Å². The van der Waals surface area contributed by atoms with Gasteiger partial charge >= 0.3 is 0 Å². The van der Waals surface area contributed by atoms with E-state index in [-0.39, 0.29) is 12.5 Å². The van der Waals surface area contributed by atoms with Gasteiger partial charge in [0.1, 0.15) is 5.75 Å². The fourth-order valence-electron chi connectivity index (χ4n) is 1.56. The van der Waals surface area contributed by atoms with Crippen molar-refractivity contribution in [2.24, 2.45) is 0 Å². The summed E-state index contributed by atoms with van der Waals surface area (Å²) in [5.41, 5.74) is 13.0. The molecule has 0 aliphatic rings. The number of hydrogen-bond donors (Lipinski definition) is 3. The van der Waals surface area contributed by atoms with E-state index in [1.807, 2.05) is 18.2 Å². The molecule has 0 radical (unpaired) electrons. The molecule has 5 nitrogen and oxygen atoms in total. The van der Waals surface area contributed by atoms with E-state index < -0.39 is 0 Å². The van der Waals surface area contributed by atoms with Crippen LogP contribution in [0.4, 0.5) is 17.1 Å². The Bertz CT molecular complexity index is 570. The summed E-state index contributed by atoms with van der Waals surface area (Å²) in [4.78, 5) is 11.7. The van der Waals surface area contributed by atoms with Crippen LogP contribution in [0, 0.1) is 0 Å². The molecule has 0 aliphatic heterocycles. The molecule has 2 rings (SSSR count). The monoisotopic (exact) mass is 257 g/mol. The van der Waals surface area contributed by atoms with E-state index in [2.05, 4.69) is 5.32 Å². The van der Waals surface area contributed by atoms with Gasteiger partial charge < -0.3 is 21.5 Å². The standard InChI is InChI=1S/C14H15N3O2/c15-10-6-7-13(12(16)8-10)19-9-14(18)17-11-4-2-1-3-5-11/h1-8H,9,15-16H2,(H,17,18). The molecule has 0 aromatic heterocycles. The van der Waals surface area contributed by atoms with Crippen molar-refractivity contribution in [1.82, 2.24) is 0 Å². The minimum absolute atomic E-state index is 0.108. The minimum atomic E-state index is -0.248. The van der Waals surface area contributed by atoms with E-state index in [9.17, 15) is 4.79 Å². The number of hydrogen-bond acceptors (Lipinski definition) is 4. The van der Waals surface area contributed by atoms with Gasteiger partial charge in [0.15, 0.2) is 6.61 Å². The predicted molar refractivity (Wildman–Crippen MR) is 75.8 cm³/mol. The zero-order chi connectivity index (χ0) is 13.7. The van der Waals surface area contributed by atoms with E-state index >= 15 is 0 Å². The maximum Gasteiger partial charge on any atom is 0.262 e. The smallest absolute Gasteiger partial charge is 0.262 e. The van der Waals surface area contributed by atoms with Gasteiger partial charge in [0.05, 0.1) is 5.69 Å². The second-order valence-corrected chi connectivity index (χ2v) is 4.00. The molecule has 2 aromatic carbocycles. The third-order valence-corrected chi connectivity index (χ3v) is 2.45. The van der Waals surface area contributed by atoms with Gasteiger partial charge in [-0.25, -0.2) is 0 Å². The Kier molecular flexibility index (Phi) is 3.87. The molecule has 0 atom stereocenters. The molecule has 0 saturated heterocycles. The average Bonchev–Trinajstić information content (AvgIpc) is 2.39. The van der Waals surface area contributed by atoms with Crippen molar-refractivity contribution in [2.75, 3.05) is 23.4 Å². The molecule has 0 fully saturated rings. The van der Waals surface area contributed by atoms with E-state index in [0.29, 0.717) is 17.1 Å². The van der Waals surface area contributed by atoms with Crippen molar-refractivity contribution in [1.29, 1.82) is 0 Å². The van der Waals surface area contributed by atoms with Gasteiger partial charge in [-0.05, 0) is 30.3 Å². The van der Waals surface area contributed by atoms with E-state index in [1.54, 1.807) is 30.3 Å². The number of rotatable bonds is 4. The second kappa shape index (κ2) is 5.77. The Labute approximate surface area is 111 Å². The number of carbonyl (C=O) groups excluding carboxylic acids is 1. The Morgan fingerprint density at radius 2 is 1.84 bits per heavy atom. The van der Waals surface area contributed by atoms with Crippen LogP contribution in [0.15, 0.2) is 48.5 Å². The zero-order valence-corrected chi connectivity index (χ0v) is 10.3. The number of nitrogen functional groups attached to an aromatic ring is 2. The summed E-state index contributed by atoms with van der Waals surface area (Å²) in [6.45, 7) is -0.108. The molecule has 0 unspecified atom stereocenters. The number of amides is 1. The number of carbonyl (C=O) groups is 1. The summed E-state index contributed by atoms with van der Waals surface area (Å²) in [6, 6.07) is 14.1. The molecular formula is C14H15N3O2. The zero-order valence-electron chi connectivity index (χ0n) is 10.3. The Morgan fingerprint density at radius 1 is 1.11 bits per heavy atom. The summed E-state index contributed by atoms with van der Waals surface area (Å²) >= 11 is 0. The predicted octanol–water partition coefficient (Wildman–Crippen LogP) is 1.87. The van der Waals surface area contributed by atoms with Gasteiger partial charge in [-0.3, -0.25) is 4.79 Å². The van der Waals surface area contributed by atoms with Crippen LogP contribution in [0.3, 0.4) is 0 Å². The quantitative estimate of drug-likeness (QED) is 0.729. The van der Waals surface area contributed by atoms with E-state index in [0.717, 1.165) is 5.69 Å². The summed E-state index contributed by atoms with van der Waals surface area (Å²) < 4.78 is 5.33. The van der Waals surface area contributed by atoms with Crippen LogP contribution in [0.5, 0.6) is 5.75 Å². The summed E-state index contributed by atoms with van der Waals surface area (Å²) in [5, 5.41) is 2.71. The van der Waals surface area contributed by atoms with Crippen LogP contribution in [-0.2, 0) is 4.79 Å². The molecule has 19 heavy (non-hydrogen) atoms. The number of benzene rings is 2. The van der Waals surface area contributed by atoms with Crippen molar-refractivity contribution in [2.45, 2.75) is 0 Å². The van der Waals surface area contributed by atoms with Gasteiger partial charge in [-0.15, -0.1) is 0 Å². The lowest BCUT2D eigenvalue weighted by Gasteiger charge is -2.09. The number of ether oxygens (including phenoxy) is 1. The fraction of sp³-hybridized carbons (Fsp3) is 0.0714. The topological polar surface area (TPSA) is 90.4 Å². The maximum atomic E-state index is 11.7. The van der Waals surface area contributed by atoms with Crippen molar-refractivity contribution in [3.63, 3.8) is 0 Å². The second-order valence-electron chi connectivity index (χ2n) is 4.00. The van der Waals surface area contributed by atoms with Gasteiger partial charge in [0.25, 0.3) is 5.91 Å². The number of nitrogens with two attached hydrogens (primary N) is 2. The molecule has 0 bridgehead atoms. The minimum Gasteiger partial charge on any atom is -0.482 e. The van der Waals surface area contributed by atoms with Gasteiger partial charge in [-0.1, -0.05) is 18.2 Å². The van der Waals surface area contributed by atoms with Crippen LogP contribution in [0.25, 0.3) is 0 Å². The molecule has 0 heterocycles. The number of para-hydroxylation sites is 1. The first-order chi connectivity index (χ1) is 9.15. The Morgan fingerprint density at radius 3 is 2.53 bits per heavy atom. The highest BCUT2D eigenvalue weighted by Gasteiger charge is 2.05. The Balaban J connectivity index is 1.90. The van der Waals surface area contributed by atoms with Crippen LogP contribution >= 0.6 is 0 Å². The molecule has 1 amide bonds. The van der Waals surface area contributed by atoms with Gasteiger partial charge in [-0.2, -0.15) is 0 Å². The van der Waals surface area contributed by atoms with Crippen molar-refractivity contribution in [3.05, 3.63) is 48.5 Å². The lowest BCUT2D eigenvalue weighted by Crippen LogP contribution is -2.20. The lowest BCUT2D eigenvalue weighted by atomic mass is 10.2. The first kappa shape index (κ1) is 12.8. The highest BCUT2D eigenvalue weighted by Crippen LogP contribution is 2.23. The maximum absolute atomic E-state index is 11.7. The molecule has 0 spiro atoms. The van der Waals surface area contributed by atoms with Gasteiger partial charge in [0, 0.05) is 11.4 Å². The van der Waals surface area contributed by atoms with Crippen LogP contribution in [0.1, 0.15) is 0 Å². The first-order valence-electron chi connectivity index (χ1n) is 5.78. The molecule has 0 saturated carbocycles. The summed E-state index contributed by atoms with van der Waals surface area (Å²) in [5.74, 6) is 0.194. The van der Waals surface area contributed by atoms with Crippen molar-refractivity contribution in [3.8, 4) is 5.75 Å². The molecule has 5 N–H and O–H groups in total. The SMILES string of the molecule is Nc1ccc(OCC(=O)Nc2ccccc2)c(N)c1. The highest BCUT2D eigenvalue weighted by atomic mass is 16.5. The molecule has 2 aromatic rings. The highest BCUT2D eigenvalue weighted by molar-refractivity contribution is 5.91. The fourth-order valence-corrected chi connectivity index (χ4v) is 1.56. The summed E-state index contributed by atoms with van der Waals surface area (Å²) in [6.07, 6.45) is 0. The van der Waals surface area contributed by atoms with Crippen molar-refractivity contribution < 1.29 is 9.53 Å². The van der Waals surface area contributed by atoms with E-state index in [4.69, 9.17) is 16.2 Å². The Hall–Kier alpha value is -2.69. The van der Waals surface area contributed by atoms with Crippen LogP contribution < -0.4 is 21.5 Å². The molecular weight excluding hydrogens is 242 g/mol. The molecule has 5 heteroatoms. The molecule has 98 valence electrons. The lowest BCUT2D eigenvalue weighted by molar-refractivity contribution is -0.118. The average molecular weight is 257 g/mol.